The van der Waals surface area contributed by atoms with Crippen LogP contribution in [0.2, 0.25) is 0 Å². The van der Waals surface area contributed by atoms with Crippen molar-refractivity contribution in [1.29, 1.82) is 5.53 Å². The minimum atomic E-state index is -0.377. The van der Waals surface area contributed by atoms with E-state index in [1.54, 1.807) is 0 Å². The van der Waals surface area contributed by atoms with E-state index in [9.17, 15) is 4.79 Å². The zero-order valence-corrected chi connectivity index (χ0v) is 10.7. The molecule has 1 amide bonds. The minimum Gasteiger partial charge on any atom is -0.264 e. The number of rotatable bonds is 3. The van der Waals surface area contributed by atoms with Crippen LogP contribution in [0.1, 0.15) is 11.1 Å². The second kappa shape index (κ2) is 5.03. The maximum atomic E-state index is 12.0. The third-order valence-electron chi connectivity index (χ3n) is 3.35. The van der Waals surface area contributed by atoms with Crippen LogP contribution in [0.3, 0.4) is 0 Å². The summed E-state index contributed by atoms with van der Waals surface area (Å²) in [5, 5.41) is 3.35. The first kappa shape index (κ1) is 12.2. The summed E-state index contributed by atoms with van der Waals surface area (Å²) in [5.74, 6) is -0.744. The van der Waals surface area contributed by atoms with E-state index in [-0.39, 0.29) is 11.8 Å². The van der Waals surface area contributed by atoms with Gasteiger partial charge in [0.15, 0.2) is 5.11 Å². The fraction of sp³-hybridized carbons (Fsp3) is 0.0625. The zero-order chi connectivity index (χ0) is 13.9. The topological polar surface area (TPSA) is 67.4 Å². The largest absolute Gasteiger partial charge is 0.342 e. The van der Waals surface area contributed by atoms with Gasteiger partial charge in [0.25, 0.3) is 0 Å². The number of amides is 1. The van der Waals surface area contributed by atoms with Crippen molar-refractivity contribution in [2.45, 2.75) is 0 Å². The van der Waals surface area contributed by atoms with E-state index in [0.29, 0.717) is 0 Å². The lowest BCUT2D eigenvalue weighted by molar-refractivity contribution is -0.118. The Bertz CT molecular complexity index is 679. The Morgan fingerprint density at radius 3 is 1.75 bits per heavy atom. The molecule has 0 spiro atoms. The molecule has 3 rings (SSSR count). The van der Waals surface area contributed by atoms with E-state index in [1.807, 2.05) is 60.7 Å². The van der Waals surface area contributed by atoms with Crippen LogP contribution < -0.4 is 4.91 Å². The number of hydrogen-bond acceptors (Lipinski definition) is 2. The molecular formula is C16H12N3O+. The summed E-state index contributed by atoms with van der Waals surface area (Å²) in [6.45, 7) is 0. The van der Waals surface area contributed by atoms with Gasteiger partial charge in [0.2, 0.25) is 4.91 Å². The van der Waals surface area contributed by atoms with Gasteiger partial charge >= 0.3 is 5.91 Å². The molecule has 0 atom stereocenters. The highest BCUT2D eigenvalue weighted by Gasteiger charge is 2.45. The standard InChI is InChI=1S/C16H12N3O/c17-19-18-16(20)15-13(11-7-3-1-4-8-11)14(15)12-9-5-2-6-10-12/h1-10,15,17H/q+1. The molecule has 2 aromatic carbocycles. The van der Waals surface area contributed by atoms with E-state index >= 15 is 0 Å². The van der Waals surface area contributed by atoms with Crippen LogP contribution >= 0.6 is 0 Å². The van der Waals surface area contributed by atoms with E-state index in [0.717, 1.165) is 22.3 Å². The lowest BCUT2D eigenvalue weighted by Gasteiger charge is -1.93. The van der Waals surface area contributed by atoms with E-state index in [4.69, 9.17) is 5.53 Å². The van der Waals surface area contributed by atoms with Crippen LogP contribution in [0.5, 0.6) is 0 Å². The minimum absolute atomic E-state index is 0.367. The van der Waals surface area contributed by atoms with Gasteiger partial charge in [0, 0.05) is 0 Å². The Balaban J connectivity index is 2.04. The molecule has 0 bridgehead atoms. The normalized spacial score (nSPS) is 13.8. The summed E-state index contributed by atoms with van der Waals surface area (Å²) < 4.78 is 0. The van der Waals surface area contributed by atoms with Crippen molar-refractivity contribution >= 4 is 17.1 Å². The van der Waals surface area contributed by atoms with Gasteiger partial charge in [0.05, 0.1) is 5.92 Å². The first-order valence-electron chi connectivity index (χ1n) is 6.29. The van der Waals surface area contributed by atoms with Gasteiger partial charge in [0.1, 0.15) is 5.53 Å². The Labute approximate surface area is 116 Å². The molecule has 1 aliphatic carbocycles. The van der Waals surface area contributed by atoms with Crippen LogP contribution in [0.4, 0.5) is 0 Å². The average Bonchev–Trinajstić information content (AvgIpc) is 3.25. The molecule has 0 saturated carbocycles. The fourth-order valence-electron chi connectivity index (χ4n) is 2.46. The molecule has 0 aliphatic heterocycles. The lowest BCUT2D eigenvalue weighted by Crippen LogP contribution is -2.00. The zero-order valence-electron chi connectivity index (χ0n) is 10.7. The van der Waals surface area contributed by atoms with Gasteiger partial charge in [-0.3, -0.25) is 4.79 Å². The van der Waals surface area contributed by atoms with Gasteiger partial charge in [-0.05, 0) is 22.3 Å². The molecule has 0 fully saturated rings. The van der Waals surface area contributed by atoms with Crippen molar-refractivity contribution in [3.8, 4) is 0 Å². The summed E-state index contributed by atoms with van der Waals surface area (Å²) in [6.07, 6.45) is 0. The molecule has 1 N–H and O–H groups in total. The van der Waals surface area contributed by atoms with Crippen molar-refractivity contribution in [1.82, 2.24) is 4.91 Å². The molecule has 96 valence electrons. The molecule has 0 unspecified atom stereocenters. The molecule has 4 heteroatoms. The second-order valence-corrected chi connectivity index (χ2v) is 4.53. The predicted octanol–water partition coefficient (Wildman–Crippen LogP) is 3.30. The van der Waals surface area contributed by atoms with Crippen LogP contribution in [-0.2, 0) is 4.79 Å². The quantitative estimate of drug-likeness (QED) is 0.669. The van der Waals surface area contributed by atoms with Crippen molar-refractivity contribution < 1.29 is 4.79 Å². The smallest absolute Gasteiger partial charge is 0.264 e. The third-order valence-corrected chi connectivity index (χ3v) is 3.35. The van der Waals surface area contributed by atoms with Crippen LogP contribution in [0.25, 0.3) is 11.1 Å². The second-order valence-electron chi connectivity index (χ2n) is 4.53. The Hall–Kier alpha value is -2.84. The molecule has 0 heterocycles. The fourth-order valence-corrected chi connectivity index (χ4v) is 2.46. The Kier molecular flexibility index (Phi) is 3.07. The first-order chi connectivity index (χ1) is 9.83. The number of hydrogen-bond donors (Lipinski definition) is 1. The highest BCUT2D eigenvalue weighted by atomic mass is 16.2. The van der Waals surface area contributed by atoms with E-state index in [2.05, 4.69) is 10.0 Å². The summed E-state index contributed by atoms with van der Waals surface area (Å²) >= 11 is 0. The Morgan fingerprint density at radius 2 is 1.35 bits per heavy atom. The SMILES string of the molecule is N=[N+]=NC(=O)C1C(c2ccccc2)=C1c1ccccc1. The number of carbonyl (C=O) groups excluding carboxylic acids is 1. The maximum absolute atomic E-state index is 12.0. The van der Waals surface area contributed by atoms with Crippen LogP contribution in [-0.4, -0.2) is 5.91 Å². The molecule has 1 aliphatic rings. The summed E-state index contributed by atoms with van der Waals surface area (Å²) in [4.78, 5) is 14.8. The molecule has 0 saturated heterocycles. The average molecular weight is 262 g/mol. The highest BCUT2D eigenvalue weighted by molar-refractivity contribution is 6.23. The van der Waals surface area contributed by atoms with Gasteiger partial charge in [-0.1, -0.05) is 60.7 Å². The molecular weight excluding hydrogens is 250 g/mol. The third kappa shape index (κ3) is 2.09. The maximum Gasteiger partial charge on any atom is 0.342 e. The Morgan fingerprint density at radius 1 is 0.900 bits per heavy atom. The van der Waals surface area contributed by atoms with Crippen molar-refractivity contribution in [3.05, 3.63) is 71.8 Å². The van der Waals surface area contributed by atoms with Crippen molar-refractivity contribution in [2.75, 3.05) is 0 Å². The molecule has 0 radical (unpaired) electrons. The molecule has 0 aromatic heterocycles. The number of carbonyl (C=O) groups is 1. The number of nitrogens with one attached hydrogen (secondary N) is 1. The molecule has 2 aromatic rings. The van der Waals surface area contributed by atoms with Gasteiger partial charge in [-0.25, -0.2) is 0 Å². The first-order valence-corrected chi connectivity index (χ1v) is 6.29. The summed E-state index contributed by atoms with van der Waals surface area (Å²) in [6, 6.07) is 19.5. The van der Waals surface area contributed by atoms with E-state index in [1.165, 1.54) is 0 Å². The van der Waals surface area contributed by atoms with Crippen LogP contribution in [0.15, 0.2) is 65.8 Å². The number of nitrogens with zero attached hydrogens (tertiary/aromatic N) is 2. The highest BCUT2D eigenvalue weighted by Crippen LogP contribution is 2.53. The van der Waals surface area contributed by atoms with Crippen LogP contribution in [0, 0.1) is 11.4 Å². The van der Waals surface area contributed by atoms with Gasteiger partial charge in [-0.15, -0.1) is 0 Å². The van der Waals surface area contributed by atoms with Gasteiger partial charge < -0.3 is 0 Å². The predicted molar refractivity (Wildman–Crippen MR) is 75.5 cm³/mol. The molecule has 20 heavy (non-hydrogen) atoms. The molecule has 4 nitrogen and oxygen atoms in total. The van der Waals surface area contributed by atoms with Gasteiger partial charge in [-0.2, -0.15) is 0 Å². The summed E-state index contributed by atoms with van der Waals surface area (Å²) in [5.41, 5.74) is 10.7. The summed E-state index contributed by atoms with van der Waals surface area (Å²) in [7, 11) is 0. The monoisotopic (exact) mass is 262 g/mol. The van der Waals surface area contributed by atoms with Crippen molar-refractivity contribution in [2.24, 2.45) is 11.0 Å². The number of benzene rings is 2. The van der Waals surface area contributed by atoms with E-state index < -0.39 is 0 Å². The lowest BCUT2D eigenvalue weighted by atomic mass is 10.1. The van der Waals surface area contributed by atoms with Crippen molar-refractivity contribution in [3.63, 3.8) is 0 Å².